The van der Waals surface area contributed by atoms with Crippen LogP contribution in [0.5, 0.6) is 0 Å². The molecule has 104 valence electrons. The first-order valence-corrected chi connectivity index (χ1v) is 6.00. The number of nitrogens with one attached hydrogen (secondary N) is 2. The molecule has 1 heterocycles. The predicted octanol–water partition coefficient (Wildman–Crippen LogP) is -1.09. The molecule has 0 spiro atoms. The van der Waals surface area contributed by atoms with Crippen molar-refractivity contribution in [1.29, 1.82) is 0 Å². The number of amides is 3. The molecule has 1 aliphatic rings. The van der Waals surface area contributed by atoms with Gasteiger partial charge in [-0.15, -0.1) is 0 Å². The Kier molecular flexibility index (Phi) is 5.52. The highest BCUT2D eigenvalue weighted by Crippen LogP contribution is 2.13. The van der Waals surface area contributed by atoms with Gasteiger partial charge in [0.15, 0.2) is 0 Å². The maximum Gasteiger partial charge on any atom is 0.321 e. The van der Waals surface area contributed by atoms with Crippen LogP contribution in [-0.4, -0.2) is 66.9 Å². The normalized spacial score (nSPS) is 26.4. The number of urea groups is 1. The van der Waals surface area contributed by atoms with E-state index in [4.69, 9.17) is 9.84 Å². The van der Waals surface area contributed by atoms with Crippen LogP contribution >= 0.6 is 0 Å². The third-order valence-corrected chi connectivity index (χ3v) is 2.95. The number of hydrogen-bond acceptors (Lipinski definition) is 5. The number of ether oxygens (including phenoxy) is 1. The molecule has 1 aliphatic heterocycles. The highest BCUT2D eigenvalue weighted by atomic mass is 16.5. The second kappa shape index (κ2) is 6.67. The van der Waals surface area contributed by atoms with Crippen LogP contribution in [0.4, 0.5) is 4.79 Å². The Morgan fingerprint density at radius 1 is 1.50 bits per heavy atom. The van der Waals surface area contributed by atoms with Gasteiger partial charge in [-0.1, -0.05) is 0 Å². The summed E-state index contributed by atoms with van der Waals surface area (Å²) < 4.78 is 5.50. The zero-order valence-electron chi connectivity index (χ0n) is 11.0. The van der Waals surface area contributed by atoms with Crippen molar-refractivity contribution < 1.29 is 19.4 Å². The zero-order chi connectivity index (χ0) is 13.7. The van der Waals surface area contributed by atoms with Crippen LogP contribution in [0.15, 0.2) is 0 Å². The highest BCUT2D eigenvalue weighted by Gasteiger charge is 2.31. The number of aliphatic hydroxyl groups is 1. The quantitative estimate of drug-likeness (QED) is 0.599. The van der Waals surface area contributed by atoms with E-state index in [2.05, 4.69) is 10.6 Å². The fourth-order valence-electron chi connectivity index (χ4n) is 1.94. The van der Waals surface area contributed by atoms with Crippen LogP contribution in [0.3, 0.4) is 0 Å². The molecule has 18 heavy (non-hydrogen) atoms. The molecule has 0 aliphatic carbocycles. The molecular weight excluding hydrogens is 238 g/mol. The molecule has 1 rings (SSSR count). The molecule has 7 nitrogen and oxygen atoms in total. The first-order valence-electron chi connectivity index (χ1n) is 6.00. The van der Waals surface area contributed by atoms with Crippen LogP contribution in [0.2, 0.25) is 0 Å². The van der Waals surface area contributed by atoms with Crippen LogP contribution in [0, 0.1) is 0 Å². The first-order chi connectivity index (χ1) is 8.47. The van der Waals surface area contributed by atoms with Crippen molar-refractivity contribution in [2.75, 3.05) is 26.7 Å². The Labute approximate surface area is 106 Å². The minimum Gasteiger partial charge on any atom is -0.394 e. The van der Waals surface area contributed by atoms with Gasteiger partial charge in [-0.25, -0.2) is 4.79 Å². The molecule has 0 radical (unpaired) electrons. The minimum atomic E-state index is -0.521. The number of morpholine rings is 1. The number of carbonyl (C=O) groups excluding carboxylic acids is 2. The number of rotatable bonds is 3. The summed E-state index contributed by atoms with van der Waals surface area (Å²) in [5.74, 6) is -0.361. The Bertz CT molecular complexity index is 311. The van der Waals surface area contributed by atoms with Gasteiger partial charge in [0.2, 0.25) is 5.91 Å². The molecule has 7 heteroatoms. The van der Waals surface area contributed by atoms with Gasteiger partial charge in [-0.05, 0) is 13.8 Å². The fourth-order valence-corrected chi connectivity index (χ4v) is 1.94. The van der Waals surface area contributed by atoms with Crippen molar-refractivity contribution in [1.82, 2.24) is 15.5 Å². The van der Waals surface area contributed by atoms with Gasteiger partial charge < -0.3 is 15.2 Å². The number of imide groups is 1. The lowest BCUT2D eigenvalue weighted by molar-refractivity contribution is -0.134. The minimum absolute atomic E-state index is 0.0499. The lowest BCUT2D eigenvalue weighted by atomic mass is 10.1. The van der Waals surface area contributed by atoms with Gasteiger partial charge in [0.25, 0.3) is 0 Å². The summed E-state index contributed by atoms with van der Waals surface area (Å²) in [6, 6.07) is -0.963. The van der Waals surface area contributed by atoms with Gasteiger partial charge >= 0.3 is 6.03 Å². The Balaban J connectivity index is 2.56. The molecule has 3 N–H and O–H groups in total. The summed E-state index contributed by atoms with van der Waals surface area (Å²) in [5.41, 5.74) is 0. The van der Waals surface area contributed by atoms with Crippen molar-refractivity contribution in [3.8, 4) is 0 Å². The van der Waals surface area contributed by atoms with Crippen molar-refractivity contribution in [2.24, 2.45) is 0 Å². The smallest absolute Gasteiger partial charge is 0.321 e. The third-order valence-electron chi connectivity index (χ3n) is 2.95. The standard InChI is InChI=1S/C11H21N3O4/c1-7-4-14(5-9(6-15)18-7)8(2)10(16)13-11(17)12-3/h7-9,15H,4-6H2,1-3H3,(H2,12,13,16,17). The van der Waals surface area contributed by atoms with Gasteiger partial charge in [0.05, 0.1) is 24.9 Å². The molecule has 1 saturated heterocycles. The van der Waals surface area contributed by atoms with E-state index in [0.29, 0.717) is 13.1 Å². The molecule has 1 fully saturated rings. The average Bonchev–Trinajstić information content (AvgIpc) is 2.36. The maximum atomic E-state index is 11.8. The van der Waals surface area contributed by atoms with Crippen LogP contribution in [0.1, 0.15) is 13.8 Å². The molecule has 0 bridgehead atoms. The van der Waals surface area contributed by atoms with Gasteiger partial charge in [0, 0.05) is 20.1 Å². The number of carbonyl (C=O) groups is 2. The van der Waals surface area contributed by atoms with E-state index < -0.39 is 12.1 Å². The second-order valence-electron chi connectivity index (χ2n) is 4.45. The Morgan fingerprint density at radius 2 is 2.17 bits per heavy atom. The van der Waals surface area contributed by atoms with Gasteiger partial charge in [-0.2, -0.15) is 0 Å². The first kappa shape index (κ1) is 14.9. The largest absolute Gasteiger partial charge is 0.394 e. The summed E-state index contributed by atoms with van der Waals surface area (Å²) in [4.78, 5) is 24.8. The van der Waals surface area contributed by atoms with E-state index in [0.717, 1.165) is 0 Å². The SMILES string of the molecule is CNC(=O)NC(=O)C(C)N1CC(C)OC(CO)C1. The van der Waals surface area contributed by atoms with Crippen molar-refractivity contribution >= 4 is 11.9 Å². The Morgan fingerprint density at radius 3 is 2.72 bits per heavy atom. The summed E-state index contributed by atoms with van der Waals surface area (Å²) in [5, 5.41) is 13.7. The van der Waals surface area contributed by atoms with Crippen LogP contribution < -0.4 is 10.6 Å². The molecule has 3 amide bonds. The average molecular weight is 259 g/mol. The molecule has 0 aromatic carbocycles. The molecular formula is C11H21N3O4. The van der Waals surface area contributed by atoms with E-state index in [-0.39, 0.29) is 24.7 Å². The third kappa shape index (κ3) is 3.94. The van der Waals surface area contributed by atoms with E-state index >= 15 is 0 Å². The monoisotopic (exact) mass is 259 g/mol. The van der Waals surface area contributed by atoms with Gasteiger partial charge in [0.1, 0.15) is 0 Å². The topological polar surface area (TPSA) is 90.9 Å². The number of aliphatic hydroxyl groups excluding tert-OH is 1. The maximum absolute atomic E-state index is 11.8. The van der Waals surface area contributed by atoms with Crippen molar-refractivity contribution in [3.05, 3.63) is 0 Å². The fraction of sp³-hybridized carbons (Fsp3) is 0.818. The molecule has 3 unspecified atom stereocenters. The summed E-state index contributed by atoms with van der Waals surface area (Å²) in [6.07, 6.45) is -0.338. The molecule has 3 atom stereocenters. The summed E-state index contributed by atoms with van der Waals surface area (Å²) in [7, 11) is 1.45. The molecule has 0 aromatic rings. The second-order valence-corrected chi connectivity index (χ2v) is 4.45. The predicted molar refractivity (Wildman–Crippen MR) is 65.1 cm³/mol. The number of hydrogen-bond donors (Lipinski definition) is 3. The van der Waals surface area contributed by atoms with E-state index in [9.17, 15) is 9.59 Å². The lowest BCUT2D eigenvalue weighted by Gasteiger charge is -2.38. The van der Waals surface area contributed by atoms with Gasteiger partial charge in [-0.3, -0.25) is 15.0 Å². The van der Waals surface area contributed by atoms with Crippen molar-refractivity contribution in [3.63, 3.8) is 0 Å². The summed E-state index contributed by atoms with van der Waals surface area (Å²) in [6.45, 7) is 4.61. The molecule has 0 aromatic heterocycles. The zero-order valence-corrected chi connectivity index (χ0v) is 11.0. The van der Waals surface area contributed by atoms with E-state index in [1.54, 1.807) is 6.92 Å². The highest BCUT2D eigenvalue weighted by molar-refractivity contribution is 5.96. The lowest BCUT2D eigenvalue weighted by Crippen LogP contribution is -2.56. The Hall–Kier alpha value is -1.18. The van der Waals surface area contributed by atoms with Crippen LogP contribution in [0.25, 0.3) is 0 Å². The molecule has 0 saturated carbocycles. The number of nitrogens with zero attached hydrogens (tertiary/aromatic N) is 1. The summed E-state index contributed by atoms with van der Waals surface area (Å²) >= 11 is 0. The van der Waals surface area contributed by atoms with Crippen LogP contribution in [-0.2, 0) is 9.53 Å². The van der Waals surface area contributed by atoms with E-state index in [1.807, 2.05) is 11.8 Å². The van der Waals surface area contributed by atoms with Crippen molar-refractivity contribution in [2.45, 2.75) is 32.1 Å². The van der Waals surface area contributed by atoms with E-state index in [1.165, 1.54) is 7.05 Å².